The third-order valence-corrected chi connectivity index (χ3v) is 4.99. The molecular formula is C10H22N2O2S. The molecule has 4 nitrogen and oxygen atoms in total. The Hall–Kier alpha value is -0.130. The Balaban J connectivity index is 2.35. The van der Waals surface area contributed by atoms with Gasteiger partial charge < -0.3 is 11.1 Å². The topological polar surface area (TPSA) is 72.2 Å². The molecule has 1 aliphatic carbocycles. The second-order valence-electron chi connectivity index (χ2n) is 4.56. The monoisotopic (exact) mass is 234 g/mol. The van der Waals surface area contributed by atoms with Gasteiger partial charge in [-0.2, -0.15) is 0 Å². The first kappa shape index (κ1) is 12.9. The fourth-order valence-electron chi connectivity index (χ4n) is 1.74. The SMILES string of the molecule is CCS(=O)(=O)CCNC(C)(CN)C1CC1. The number of nitrogens with one attached hydrogen (secondary N) is 1. The predicted octanol–water partition coefficient (Wildman–Crippen LogP) is 0.138. The van der Waals surface area contributed by atoms with E-state index in [1.54, 1.807) is 6.92 Å². The maximum absolute atomic E-state index is 11.3. The quantitative estimate of drug-likeness (QED) is 0.657. The van der Waals surface area contributed by atoms with Crippen LogP contribution in [0.1, 0.15) is 26.7 Å². The Kier molecular flexibility index (Phi) is 4.14. The van der Waals surface area contributed by atoms with Crippen molar-refractivity contribution in [2.75, 3.05) is 24.6 Å². The van der Waals surface area contributed by atoms with Crippen molar-refractivity contribution in [2.45, 2.75) is 32.2 Å². The summed E-state index contributed by atoms with van der Waals surface area (Å²) >= 11 is 0. The highest BCUT2D eigenvalue weighted by Crippen LogP contribution is 2.38. The Morgan fingerprint density at radius 3 is 2.47 bits per heavy atom. The van der Waals surface area contributed by atoms with Crippen molar-refractivity contribution in [1.82, 2.24) is 5.32 Å². The summed E-state index contributed by atoms with van der Waals surface area (Å²) in [4.78, 5) is 0. The van der Waals surface area contributed by atoms with E-state index in [9.17, 15) is 8.42 Å². The molecule has 0 spiro atoms. The highest BCUT2D eigenvalue weighted by molar-refractivity contribution is 7.91. The van der Waals surface area contributed by atoms with Gasteiger partial charge in [0.2, 0.25) is 0 Å². The smallest absolute Gasteiger partial charge is 0.151 e. The Labute approximate surface area is 92.5 Å². The van der Waals surface area contributed by atoms with Gasteiger partial charge in [0.1, 0.15) is 0 Å². The first-order valence-corrected chi connectivity index (χ1v) is 7.41. The van der Waals surface area contributed by atoms with E-state index in [2.05, 4.69) is 12.2 Å². The van der Waals surface area contributed by atoms with Gasteiger partial charge in [-0.3, -0.25) is 0 Å². The molecule has 0 saturated heterocycles. The van der Waals surface area contributed by atoms with Gasteiger partial charge in [0.05, 0.1) is 5.75 Å². The van der Waals surface area contributed by atoms with E-state index in [0.29, 0.717) is 19.0 Å². The average Bonchev–Trinajstić information content (AvgIpc) is 3.01. The van der Waals surface area contributed by atoms with Crippen LogP contribution in [-0.4, -0.2) is 38.6 Å². The summed E-state index contributed by atoms with van der Waals surface area (Å²) in [5.74, 6) is 1.07. The first-order chi connectivity index (χ1) is 6.93. The van der Waals surface area contributed by atoms with E-state index >= 15 is 0 Å². The molecule has 0 aliphatic heterocycles. The van der Waals surface area contributed by atoms with Crippen molar-refractivity contribution >= 4 is 9.84 Å². The van der Waals surface area contributed by atoms with Crippen LogP contribution in [0.3, 0.4) is 0 Å². The van der Waals surface area contributed by atoms with Gasteiger partial charge in [0, 0.05) is 24.4 Å². The lowest BCUT2D eigenvalue weighted by atomic mass is 9.96. The molecule has 1 aliphatic rings. The number of hydrogen-bond donors (Lipinski definition) is 2. The van der Waals surface area contributed by atoms with E-state index in [1.165, 1.54) is 12.8 Å². The van der Waals surface area contributed by atoms with Crippen molar-refractivity contribution < 1.29 is 8.42 Å². The zero-order valence-electron chi connectivity index (χ0n) is 9.62. The van der Waals surface area contributed by atoms with Crippen LogP contribution in [0.25, 0.3) is 0 Å². The molecular weight excluding hydrogens is 212 g/mol. The summed E-state index contributed by atoms with van der Waals surface area (Å²) in [7, 11) is -2.86. The van der Waals surface area contributed by atoms with Gasteiger partial charge in [0.15, 0.2) is 9.84 Å². The third-order valence-electron chi connectivity index (χ3n) is 3.28. The summed E-state index contributed by atoms with van der Waals surface area (Å²) in [5, 5.41) is 3.29. The minimum absolute atomic E-state index is 0.0662. The van der Waals surface area contributed by atoms with Crippen LogP contribution in [0.4, 0.5) is 0 Å². The molecule has 0 aromatic rings. The maximum Gasteiger partial charge on any atom is 0.151 e. The van der Waals surface area contributed by atoms with Gasteiger partial charge in [-0.05, 0) is 25.7 Å². The van der Waals surface area contributed by atoms with E-state index in [1.807, 2.05) is 0 Å². The molecule has 0 aromatic heterocycles. The van der Waals surface area contributed by atoms with Crippen LogP contribution in [0, 0.1) is 5.92 Å². The highest BCUT2D eigenvalue weighted by Gasteiger charge is 2.39. The molecule has 5 heteroatoms. The fourth-order valence-corrected chi connectivity index (χ4v) is 2.44. The summed E-state index contributed by atoms with van der Waals surface area (Å²) in [6.45, 7) is 4.85. The standard InChI is InChI=1S/C10H22N2O2S/c1-3-15(13,14)7-6-12-10(2,8-11)9-4-5-9/h9,12H,3-8,11H2,1-2H3. The molecule has 90 valence electrons. The number of sulfone groups is 1. The minimum Gasteiger partial charge on any atom is -0.329 e. The van der Waals surface area contributed by atoms with E-state index in [4.69, 9.17) is 5.73 Å². The molecule has 3 N–H and O–H groups in total. The predicted molar refractivity (Wildman–Crippen MR) is 62.5 cm³/mol. The Morgan fingerprint density at radius 2 is 2.07 bits per heavy atom. The average molecular weight is 234 g/mol. The molecule has 15 heavy (non-hydrogen) atoms. The lowest BCUT2D eigenvalue weighted by molar-refractivity contribution is 0.327. The van der Waals surface area contributed by atoms with Crippen LogP contribution in [0.5, 0.6) is 0 Å². The number of hydrogen-bond acceptors (Lipinski definition) is 4. The van der Waals surface area contributed by atoms with Crippen molar-refractivity contribution in [1.29, 1.82) is 0 Å². The molecule has 1 rings (SSSR count). The zero-order chi connectivity index (χ0) is 11.5. The summed E-state index contributed by atoms with van der Waals surface area (Å²) in [6, 6.07) is 0. The molecule has 0 amide bonds. The van der Waals surface area contributed by atoms with E-state index < -0.39 is 9.84 Å². The lowest BCUT2D eigenvalue weighted by Gasteiger charge is -2.29. The van der Waals surface area contributed by atoms with Gasteiger partial charge in [-0.15, -0.1) is 0 Å². The first-order valence-electron chi connectivity index (χ1n) is 5.59. The lowest BCUT2D eigenvalue weighted by Crippen LogP contribution is -2.51. The minimum atomic E-state index is -2.86. The van der Waals surface area contributed by atoms with E-state index in [-0.39, 0.29) is 17.0 Å². The van der Waals surface area contributed by atoms with Crippen molar-refractivity contribution in [3.63, 3.8) is 0 Å². The molecule has 1 saturated carbocycles. The van der Waals surface area contributed by atoms with Crippen LogP contribution in [0.15, 0.2) is 0 Å². The van der Waals surface area contributed by atoms with Crippen molar-refractivity contribution in [3.8, 4) is 0 Å². The van der Waals surface area contributed by atoms with Gasteiger partial charge in [-0.25, -0.2) is 8.42 Å². The molecule has 0 radical (unpaired) electrons. The Bertz CT molecular complexity index is 299. The van der Waals surface area contributed by atoms with Crippen molar-refractivity contribution in [3.05, 3.63) is 0 Å². The highest BCUT2D eigenvalue weighted by atomic mass is 32.2. The van der Waals surface area contributed by atoms with Gasteiger partial charge in [-0.1, -0.05) is 6.92 Å². The van der Waals surface area contributed by atoms with Crippen molar-refractivity contribution in [2.24, 2.45) is 11.7 Å². The van der Waals surface area contributed by atoms with Gasteiger partial charge in [0.25, 0.3) is 0 Å². The largest absolute Gasteiger partial charge is 0.329 e. The summed E-state index contributed by atoms with van der Waals surface area (Å²) in [5.41, 5.74) is 5.65. The third kappa shape index (κ3) is 3.74. The van der Waals surface area contributed by atoms with Crippen LogP contribution >= 0.6 is 0 Å². The fraction of sp³-hybridized carbons (Fsp3) is 1.00. The van der Waals surface area contributed by atoms with Crippen LogP contribution in [-0.2, 0) is 9.84 Å². The molecule has 1 atom stereocenters. The number of nitrogens with two attached hydrogens (primary N) is 1. The van der Waals surface area contributed by atoms with Gasteiger partial charge >= 0.3 is 0 Å². The zero-order valence-corrected chi connectivity index (χ0v) is 10.4. The molecule has 0 aromatic carbocycles. The second kappa shape index (κ2) is 4.80. The summed E-state index contributed by atoms with van der Waals surface area (Å²) in [6.07, 6.45) is 2.42. The molecule has 1 fully saturated rings. The Morgan fingerprint density at radius 1 is 1.47 bits per heavy atom. The molecule has 0 heterocycles. The normalized spacial score (nSPS) is 21.3. The van der Waals surface area contributed by atoms with E-state index in [0.717, 1.165) is 0 Å². The number of rotatable bonds is 7. The molecule has 0 bridgehead atoms. The maximum atomic E-state index is 11.3. The van der Waals surface area contributed by atoms with Crippen LogP contribution < -0.4 is 11.1 Å². The van der Waals surface area contributed by atoms with Crippen LogP contribution in [0.2, 0.25) is 0 Å². The second-order valence-corrected chi connectivity index (χ2v) is 7.03. The summed E-state index contributed by atoms with van der Waals surface area (Å²) < 4.78 is 22.6. The molecule has 1 unspecified atom stereocenters.